The number of guanidine groups is 1. The molecule has 1 atom stereocenters. The number of nitrogens with zero attached hydrogens (tertiary/aromatic N) is 2. The molecule has 0 aliphatic carbocycles. The second-order valence-corrected chi connectivity index (χ2v) is 6.00. The minimum Gasteiger partial charge on any atom is -0.370 e. The maximum absolute atomic E-state index is 6.02. The predicted octanol–water partition coefficient (Wildman–Crippen LogP) is 3.22. The van der Waals surface area contributed by atoms with E-state index in [2.05, 4.69) is 59.4 Å². The van der Waals surface area contributed by atoms with Gasteiger partial charge in [0.15, 0.2) is 5.96 Å². The molecule has 0 radical (unpaired) electrons. The minimum atomic E-state index is 0.110. The van der Waals surface area contributed by atoms with Gasteiger partial charge in [-0.2, -0.15) is 0 Å². The molecule has 0 saturated carbocycles. The predicted molar refractivity (Wildman–Crippen MR) is 97.0 cm³/mol. The number of aryl methyl sites for hydroxylation is 2. The Morgan fingerprint density at radius 3 is 2.96 bits per heavy atom. The van der Waals surface area contributed by atoms with Gasteiger partial charge in [-0.05, 0) is 38.3 Å². The first kappa shape index (κ1) is 17.5. The summed E-state index contributed by atoms with van der Waals surface area (Å²) < 4.78 is 6.02. The first-order valence-electron chi connectivity index (χ1n) is 8.41. The number of allylic oxidation sites excluding steroid dienone is 1. The van der Waals surface area contributed by atoms with E-state index in [1.165, 1.54) is 16.7 Å². The molecule has 23 heavy (non-hydrogen) atoms. The Balaban J connectivity index is 2.01. The van der Waals surface area contributed by atoms with Crippen molar-refractivity contribution in [2.75, 3.05) is 33.3 Å². The molecular weight excluding hydrogens is 286 g/mol. The van der Waals surface area contributed by atoms with Gasteiger partial charge < -0.3 is 15.0 Å². The number of morpholine rings is 1. The largest absolute Gasteiger partial charge is 0.370 e. The monoisotopic (exact) mass is 315 g/mol. The van der Waals surface area contributed by atoms with Crippen LogP contribution in [0, 0.1) is 13.8 Å². The molecule has 2 rings (SSSR count). The molecule has 1 unspecified atom stereocenters. The van der Waals surface area contributed by atoms with Gasteiger partial charge in [0.2, 0.25) is 0 Å². The van der Waals surface area contributed by atoms with Gasteiger partial charge in [0.1, 0.15) is 6.10 Å². The average molecular weight is 315 g/mol. The molecule has 1 saturated heterocycles. The van der Waals surface area contributed by atoms with Crippen molar-refractivity contribution in [2.45, 2.75) is 33.3 Å². The minimum absolute atomic E-state index is 0.110. The highest BCUT2D eigenvalue weighted by molar-refractivity contribution is 5.80. The third-order valence-electron chi connectivity index (χ3n) is 4.18. The summed E-state index contributed by atoms with van der Waals surface area (Å²) in [5.41, 5.74) is 3.87. The van der Waals surface area contributed by atoms with Crippen LogP contribution in [-0.4, -0.2) is 44.1 Å². The van der Waals surface area contributed by atoms with E-state index in [0.717, 1.165) is 38.6 Å². The van der Waals surface area contributed by atoms with Crippen molar-refractivity contribution < 1.29 is 4.74 Å². The third kappa shape index (κ3) is 4.83. The van der Waals surface area contributed by atoms with E-state index in [4.69, 9.17) is 4.74 Å². The summed E-state index contributed by atoms with van der Waals surface area (Å²) in [5.74, 6) is 0.965. The maximum Gasteiger partial charge on any atom is 0.193 e. The summed E-state index contributed by atoms with van der Waals surface area (Å²) in [6, 6.07) is 6.58. The SMILES string of the molecule is C/C=C/CCNC(=NC)N1CCOC(c2ccc(C)cc2C)C1. The van der Waals surface area contributed by atoms with Crippen LogP contribution in [0.2, 0.25) is 0 Å². The second kappa shape index (κ2) is 8.73. The smallest absolute Gasteiger partial charge is 0.193 e. The van der Waals surface area contributed by atoms with E-state index in [-0.39, 0.29) is 6.10 Å². The second-order valence-electron chi connectivity index (χ2n) is 6.00. The highest BCUT2D eigenvalue weighted by atomic mass is 16.5. The van der Waals surface area contributed by atoms with Crippen molar-refractivity contribution in [3.05, 3.63) is 47.0 Å². The van der Waals surface area contributed by atoms with Gasteiger partial charge in [0, 0.05) is 20.1 Å². The number of benzene rings is 1. The van der Waals surface area contributed by atoms with Gasteiger partial charge in [0.25, 0.3) is 0 Å². The molecule has 0 aromatic heterocycles. The molecule has 126 valence electrons. The first-order valence-corrected chi connectivity index (χ1v) is 8.41. The molecule has 1 N–H and O–H groups in total. The number of hydrogen-bond acceptors (Lipinski definition) is 2. The van der Waals surface area contributed by atoms with Crippen molar-refractivity contribution >= 4 is 5.96 Å². The number of aliphatic imine (C=N–C) groups is 1. The first-order chi connectivity index (χ1) is 11.2. The number of nitrogens with one attached hydrogen (secondary N) is 1. The Hall–Kier alpha value is -1.81. The topological polar surface area (TPSA) is 36.9 Å². The number of hydrogen-bond donors (Lipinski definition) is 1. The summed E-state index contributed by atoms with van der Waals surface area (Å²) in [4.78, 5) is 6.72. The Kier molecular flexibility index (Phi) is 6.66. The summed E-state index contributed by atoms with van der Waals surface area (Å²) in [5, 5.41) is 3.44. The maximum atomic E-state index is 6.02. The van der Waals surface area contributed by atoms with Crippen LogP contribution in [-0.2, 0) is 4.74 Å². The fourth-order valence-electron chi connectivity index (χ4n) is 2.98. The van der Waals surface area contributed by atoms with Gasteiger partial charge in [-0.1, -0.05) is 35.9 Å². The zero-order valence-corrected chi connectivity index (χ0v) is 14.8. The van der Waals surface area contributed by atoms with Crippen LogP contribution in [0.1, 0.15) is 36.1 Å². The van der Waals surface area contributed by atoms with Crippen molar-refractivity contribution in [3.63, 3.8) is 0 Å². The van der Waals surface area contributed by atoms with E-state index in [1.807, 2.05) is 14.0 Å². The van der Waals surface area contributed by atoms with E-state index in [0.29, 0.717) is 0 Å². The number of rotatable bonds is 4. The lowest BCUT2D eigenvalue weighted by Gasteiger charge is -2.35. The third-order valence-corrected chi connectivity index (χ3v) is 4.18. The fourth-order valence-corrected chi connectivity index (χ4v) is 2.98. The lowest BCUT2D eigenvalue weighted by atomic mass is 10.00. The Labute approximate surface area is 140 Å². The van der Waals surface area contributed by atoms with Crippen molar-refractivity contribution in [1.82, 2.24) is 10.2 Å². The number of ether oxygens (including phenoxy) is 1. The summed E-state index contributed by atoms with van der Waals surface area (Å²) in [6.07, 6.45) is 5.37. The zero-order chi connectivity index (χ0) is 16.7. The lowest BCUT2D eigenvalue weighted by molar-refractivity contribution is -0.00829. The standard InChI is InChI=1S/C19H29N3O/c1-5-6-7-10-21-19(20-4)22-11-12-23-18(14-22)17-9-8-15(2)13-16(17)3/h5-6,8-9,13,18H,7,10-12,14H2,1-4H3,(H,20,21)/b6-5+. The molecule has 4 nitrogen and oxygen atoms in total. The molecule has 0 spiro atoms. The highest BCUT2D eigenvalue weighted by Crippen LogP contribution is 2.25. The van der Waals surface area contributed by atoms with Gasteiger partial charge in [0.05, 0.1) is 13.2 Å². The van der Waals surface area contributed by atoms with Crippen LogP contribution in [0.25, 0.3) is 0 Å². The van der Waals surface area contributed by atoms with Gasteiger partial charge >= 0.3 is 0 Å². The van der Waals surface area contributed by atoms with Crippen LogP contribution in [0.3, 0.4) is 0 Å². The molecular formula is C19H29N3O. The van der Waals surface area contributed by atoms with E-state index in [9.17, 15) is 0 Å². The molecule has 1 aliphatic heterocycles. The van der Waals surface area contributed by atoms with Gasteiger partial charge in [-0.25, -0.2) is 0 Å². The van der Waals surface area contributed by atoms with Crippen LogP contribution in [0.5, 0.6) is 0 Å². The molecule has 1 aromatic rings. The van der Waals surface area contributed by atoms with Gasteiger partial charge in [-0.3, -0.25) is 4.99 Å². The molecule has 1 aromatic carbocycles. The van der Waals surface area contributed by atoms with E-state index >= 15 is 0 Å². The highest BCUT2D eigenvalue weighted by Gasteiger charge is 2.25. The molecule has 1 fully saturated rings. The van der Waals surface area contributed by atoms with Crippen LogP contribution < -0.4 is 5.32 Å². The molecule has 1 aliphatic rings. The van der Waals surface area contributed by atoms with Crippen LogP contribution in [0.15, 0.2) is 35.3 Å². The molecule has 1 heterocycles. The average Bonchev–Trinajstić information content (AvgIpc) is 2.55. The van der Waals surface area contributed by atoms with Crippen molar-refractivity contribution in [1.29, 1.82) is 0 Å². The fraction of sp³-hybridized carbons (Fsp3) is 0.526. The molecule has 0 bridgehead atoms. The summed E-state index contributed by atoms with van der Waals surface area (Å²) >= 11 is 0. The lowest BCUT2D eigenvalue weighted by Crippen LogP contribution is -2.48. The summed E-state index contributed by atoms with van der Waals surface area (Å²) in [7, 11) is 1.85. The molecule has 4 heteroatoms. The van der Waals surface area contributed by atoms with Crippen molar-refractivity contribution in [2.24, 2.45) is 4.99 Å². The van der Waals surface area contributed by atoms with E-state index < -0.39 is 0 Å². The van der Waals surface area contributed by atoms with Crippen LogP contribution >= 0.6 is 0 Å². The Morgan fingerprint density at radius 2 is 2.26 bits per heavy atom. The van der Waals surface area contributed by atoms with Crippen LogP contribution in [0.4, 0.5) is 0 Å². The quantitative estimate of drug-likeness (QED) is 0.401. The zero-order valence-electron chi connectivity index (χ0n) is 14.8. The molecule has 0 amide bonds. The van der Waals surface area contributed by atoms with Crippen molar-refractivity contribution in [3.8, 4) is 0 Å². The Morgan fingerprint density at radius 1 is 1.43 bits per heavy atom. The Bertz CT molecular complexity index is 566. The van der Waals surface area contributed by atoms with E-state index in [1.54, 1.807) is 0 Å². The normalized spacial score (nSPS) is 19.4. The summed E-state index contributed by atoms with van der Waals surface area (Å²) in [6.45, 7) is 9.69. The van der Waals surface area contributed by atoms with Gasteiger partial charge in [-0.15, -0.1) is 0 Å².